The molecule has 3 N–H and O–H groups in total. The Morgan fingerprint density at radius 3 is 2.36 bits per heavy atom. The Balaban J connectivity index is 0.00000242. The topological polar surface area (TPSA) is 53.6 Å². The molecule has 0 atom stereocenters. The van der Waals surface area contributed by atoms with E-state index in [1.807, 2.05) is 0 Å². The summed E-state index contributed by atoms with van der Waals surface area (Å²) in [4.78, 5) is 7.09. The molecule has 5 heteroatoms. The van der Waals surface area contributed by atoms with Gasteiger partial charge in [-0.15, -0.1) is 24.0 Å². The lowest BCUT2D eigenvalue weighted by molar-refractivity contribution is 0.224. The molecule has 0 spiro atoms. The van der Waals surface area contributed by atoms with Crippen LogP contribution >= 0.6 is 24.0 Å². The third-order valence-electron chi connectivity index (χ3n) is 4.82. The minimum atomic E-state index is 0. The molecule has 0 amide bonds. The van der Waals surface area contributed by atoms with Gasteiger partial charge in [-0.05, 0) is 58.2 Å². The van der Waals surface area contributed by atoms with Crippen LogP contribution in [-0.4, -0.2) is 43.1 Å². The van der Waals surface area contributed by atoms with Gasteiger partial charge in [-0.25, -0.2) is 0 Å². The van der Waals surface area contributed by atoms with Gasteiger partial charge in [0.15, 0.2) is 5.96 Å². The van der Waals surface area contributed by atoms with E-state index in [1.54, 1.807) is 0 Å². The number of aliphatic imine (C=N–C) groups is 1. The molecule has 1 saturated carbocycles. The van der Waals surface area contributed by atoms with Crippen LogP contribution in [0.25, 0.3) is 0 Å². The fourth-order valence-corrected chi connectivity index (χ4v) is 3.51. The maximum absolute atomic E-state index is 5.97. The Bertz CT molecular complexity index is 297. The minimum absolute atomic E-state index is 0. The van der Waals surface area contributed by atoms with Gasteiger partial charge in [-0.2, -0.15) is 0 Å². The number of nitrogens with one attached hydrogen (secondary N) is 1. The predicted octanol–water partition coefficient (Wildman–Crippen LogP) is 3.50. The number of halogens is 1. The van der Waals surface area contributed by atoms with Gasteiger partial charge in [-0.3, -0.25) is 4.99 Å². The average molecular weight is 422 g/mol. The molecule has 22 heavy (non-hydrogen) atoms. The summed E-state index contributed by atoms with van der Waals surface area (Å²) in [6.07, 6.45) is 14.5. The van der Waals surface area contributed by atoms with E-state index in [1.165, 1.54) is 90.3 Å². The van der Waals surface area contributed by atoms with Crippen LogP contribution in [0.5, 0.6) is 0 Å². The second-order valence-electron chi connectivity index (χ2n) is 6.71. The first kappa shape index (κ1) is 20.0. The van der Waals surface area contributed by atoms with E-state index in [0.29, 0.717) is 12.0 Å². The zero-order chi connectivity index (χ0) is 14.8. The summed E-state index contributed by atoms with van der Waals surface area (Å²) in [6, 6.07) is 0.571. The van der Waals surface area contributed by atoms with Crippen LogP contribution in [0.4, 0.5) is 0 Å². The maximum atomic E-state index is 5.97. The molecule has 130 valence electrons. The van der Waals surface area contributed by atoms with Crippen LogP contribution in [0.2, 0.25) is 0 Å². The molecule has 1 aliphatic carbocycles. The molecule has 1 saturated heterocycles. The Kier molecular flexibility index (Phi) is 11.3. The Morgan fingerprint density at radius 1 is 0.955 bits per heavy atom. The van der Waals surface area contributed by atoms with E-state index in [2.05, 4.69) is 15.2 Å². The first-order valence-corrected chi connectivity index (χ1v) is 9.13. The van der Waals surface area contributed by atoms with Crippen molar-refractivity contribution in [3.63, 3.8) is 0 Å². The van der Waals surface area contributed by atoms with E-state index in [-0.39, 0.29) is 24.0 Å². The van der Waals surface area contributed by atoms with Crippen molar-refractivity contribution in [1.82, 2.24) is 10.2 Å². The zero-order valence-electron chi connectivity index (χ0n) is 14.1. The van der Waals surface area contributed by atoms with Crippen LogP contribution in [0.3, 0.4) is 0 Å². The van der Waals surface area contributed by atoms with Crippen molar-refractivity contribution in [2.75, 3.05) is 26.2 Å². The molecule has 0 unspecified atom stereocenters. The predicted molar refractivity (Wildman–Crippen MR) is 106 cm³/mol. The third kappa shape index (κ3) is 8.56. The van der Waals surface area contributed by atoms with E-state index in [9.17, 15) is 0 Å². The van der Waals surface area contributed by atoms with Gasteiger partial charge in [0.25, 0.3) is 0 Å². The highest BCUT2D eigenvalue weighted by Gasteiger charge is 2.13. The summed E-state index contributed by atoms with van der Waals surface area (Å²) in [7, 11) is 0. The molecular formula is C17H35IN4. The van der Waals surface area contributed by atoms with E-state index in [4.69, 9.17) is 5.73 Å². The third-order valence-corrected chi connectivity index (χ3v) is 4.82. The van der Waals surface area contributed by atoms with Gasteiger partial charge in [0.1, 0.15) is 0 Å². The Morgan fingerprint density at radius 2 is 1.64 bits per heavy atom. The van der Waals surface area contributed by atoms with Gasteiger partial charge in [0.2, 0.25) is 0 Å². The monoisotopic (exact) mass is 422 g/mol. The van der Waals surface area contributed by atoms with E-state index in [0.717, 1.165) is 6.54 Å². The standard InChI is InChI=1S/C17H34N4.HI/c18-17(20-16-10-4-1-5-11-16)19-12-6-2-7-13-21-14-8-3-9-15-21;/h16H,1-15H2,(H3,18,19,20);1H. The van der Waals surface area contributed by atoms with Crippen LogP contribution in [0.15, 0.2) is 4.99 Å². The van der Waals surface area contributed by atoms with Gasteiger partial charge < -0.3 is 16.0 Å². The smallest absolute Gasteiger partial charge is 0.188 e. The molecule has 1 aliphatic heterocycles. The van der Waals surface area contributed by atoms with Gasteiger partial charge >= 0.3 is 0 Å². The van der Waals surface area contributed by atoms with E-state index < -0.39 is 0 Å². The number of nitrogens with zero attached hydrogens (tertiary/aromatic N) is 2. The number of rotatable bonds is 7. The van der Waals surface area contributed by atoms with Crippen molar-refractivity contribution in [1.29, 1.82) is 0 Å². The zero-order valence-corrected chi connectivity index (χ0v) is 16.4. The van der Waals surface area contributed by atoms with Crippen molar-refractivity contribution in [2.45, 2.75) is 76.7 Å². The van der Waals surface area contributed by atoms with Crippen LogP contribution in [-0.2, 0) is 0 Å². The van der Waals surface area contributed by atoms with Gasteiger partial charge in [0.05, 0.1) is 0 Å². The molecule has 0 aromatic heterocycles. The Hall–Kier alpha value is -0.0400. The molecule has 0 aromatic carbocycles. The lowest BCUT2D eigenvalue weighted by atomic mass is 9.96. The van der Waals surface area contributed by atoms with Crippen LogP contribution in [0, 0.1) is 0 Å². The molecule has 4 nitrogen and oxygen atoms in total. The highest BCUT2D eigenvalue weighted by Crippen LogP contribution is 2.17. The summed E-state index contributed by atoms with van der Waals surface area (Å²) >= 11 is 0. The lowest BCUT2D eigenvalue weighted by Gasteiger charge is -2.26. The number of guanidine groups is 1. The molecule has 2 fully saturated rings. The summed E-state index contributed by atoms with van der Waals surface area (Å²) in [5.74, 6) is 0.665. The van der Waals surface area contributed by atoms with E-state index >= 15 is 0 Å². The average Bonchev–Trinajstić information content (AvgIpc) is 2.53. The molecule has 2 rings (SSSR count). The Labute approximate surface area is 153 Å². The fourth-order valence-electron chi connectivity index (χ4n) is 3.51. The van der Waals surface area contributed by atoms with Crippen molar-refractivity contribution >= 4 is 29.9 Å². The minimum Gasteiger partial charge on any atom is -0.370 e. The van der Waals surface area contributed by atoms with Crippen molar-refractivity contribution in [2.24, 2.45) is 10.7 Å². The number of likely N-dealkylation sites (tertiary alicyclic amines) is 1. The molecule has 0 radical (unpaired) electrons. The number of nitrogens with two attached hydrogens (primary N) is 1. The normalized spacial score (nSPS) is 21.4. The second kappa shape index (κ2) is 12.4. The highest BCUT2D eigenvalue weighted by atomic mass is 127. The molecule has 0 bridgehead atoms. The SMILES string of the molecule is I.NC(=NCCCCCN1CCCCC1)NC1CCCCC1. The van der Waals surface area contributed by atoms with Crippen molar-refractivity contribution < 1.29 is 0 Å². The second-order valence-corrected chi connectivity index (χ2v) is 6.71. The fraction of sp³-hybridized carbons (Fsp3) is 0.941. The number of unbranched alkanes of at least 4 members (excludes halogenated alkanes) is 2. The molecule has 2 aliphatic rings. The van der Waals surface area contributed by atoms with Crippen molar-refractivity contribution in [3.8, 4) is 0 Å². The summed E-state index contributed by atoms with van der Waals surface area (Å²) in [6.45, 7) is 4.79. The summed E-state index contributed by atoms with van der Waals surface area (Å²) in [5, 5.41) is 3.38. The van der Waals surface area contributed by atoms with Crippen LogP contribution < -0.4 is 11.1 Å². The summed E-state index contributed by atoms with van der Waals surface area (Å²) in [5.41, 5.74) is 5.97. The van der Waals surface area contributed by atoms with Gasteiger partial charge in [0, 0.05) is 12.6 Å². The number of hydrogen-bond acceptors (Lipinski definition) is 2. The van der Waals surface area contributed by atoms with Gasteiger partial charge in [-0.1, -0.05) is 32.1 Å². The molecule has 0 aromatic rings. The van der Waals surface area contributed by atoms with Crippen molar-refractivity contribution in [3.05, 3.63) is 0 Å². The highest BCUT2D eigenvalue weighted by molar-refractivity contribution is 14.0. The first-order chi connectivity index (χ1) is 10.3. The molecule has 1 heterocycles. The summed E-state index contributed by atoms with van der Waals surface area (Å²) < 4.78 is 0. The molecular weight excluding hydrogens is 387 g/mol. The lowest BCUT2D eigenvalue weighted by Crippen LogP contribution is -2.41. The van der Waals surface area contributed by atoms with Crippen LogP contribution in [0.1, 0.15) is 70.6 Å². The maximum Gasteiger partial charge on any atom is 0.188 e. The number of piperidine rings is 1. The quantitative estimate of drug-likeness (QED) is 0.286. The largest absolute Gasteiger partial charge is 0.370 e. The number of hydrogen-bond donors (Lipinski definition) is 2. The first-order valence-electron chi connectivity index (χ1n) is 9.13.